The number of ether oxygens (including phenoxy) is 1. The molecule has 0 saturated carbocycles. The van der Waals surface area contributed by atoms with E-state index in [0.29, 0.717) is 6.61 Å². The van der Waals surface area contributed by atoms with Crippen molar-refractivity contribution in [3.05, 3.63) is 19.6 Å². The number of unbranched alkanes of at least 4 members (excludes halogenated alkanes) is 18. The smallest absolute Gasteiger partial charge is 0.330 e. The summed E-state index contributed by atoms with van der Waals surface area (Å²) in [5.41, 5.74) is 0. The van der Waals surface area contributed by atoms with Gasteiger partial charge in [0, 0.05) is 6.08 Å². The number of rotatable bonds is 21. The van der Waals surface area contributed by atoms with Crippen molar-refractivity contribution in [1.82, 2.24) is 0 Å². The Balaban J connectivity index is 3.01. The topological polar surface area (TPSA) is 26.3 Å². The van der Waals surface area contributed by atoms with Crippen LogP contribution < -0.4 is 0 Å². The Labute approximate surface area is 164 Å². The van der Waals surface area contributed by atoms with Crippen molar-refractivity contribution in [3.63, 3.8) is 0 Å². The first-order valence-corrected chi connectivity index (χ1v) is 11.4. The van der Waals surface area contributed by atoms with Gasteiger partial charge in [-0.15, -0.1) is 0 Å². The van der Waals surface area contributed by atoms with Crippen LogP contribution in [0, 0.1) is 6.92 Å². The van der Waals surface area contributed by atoms with Crippen LogP contribution in [0.5, 0.6) is 0 Å². The van der Waals surface area contributed by atoms with Gasteiger partial charge in [0.2, 0.25) is 0 Å². The van der Waals surface area contributed by atoms with Crippen LogP contribution in [0.3, 0.4) is 0 Å². The highest BCUT2D eigenvalue weighted by Gasteiger charge is 1.97. The van der Waals surface area contributed by atoms with Crippen LogP contribution in [0.2, 0.25) is 0 Å². The fourth-order valence-electron chi connectivity index (χ4n) is 3.34. The molecule has 0 spiro atoms. The summed E-state index contributed by atoms with van der Waals surface area (Å²) in [5.74, 6) is -0.301. The number of esters is 1. The first-order chi connectivity index (χ1) is 12.8. The molecule has 0 N–H and O–H groups in total. The van der Waals surface area contributed by atoms with Crippen LogP contribution in [0.1, 0.15) is 122 Å². The SMILES string of the molecule is [CH2]CCCCCCCCCCCCCCCCCCCCOC(=O)C=C. The Bertz CT molecular complexity index is 299. The van der Waals surface area contributed by atoms with Crippen molar-refractivity contribution in [3.8, 4) is 0 Å². The molecule has 0 aliphatic heterocycles. The summed E-state index contributed by atoms with van der Waals surface area (Å²) in [7, 11) is 0. The lowest BCUT2D eigenvalue weighted by molar-refractivity contribution is -0.137. The second-order valence-corrected chi connectivity index (χ2v) is 7.59. The summed E-state index contributed by atoms with van der Waals surface area (Å²) in [6.07, 6.45) is 26.8. The molecule has 0 aliphatic rings. The Hall–Kier alpha value is -0.790. The molecule has 2 nitrogen and oxygen atoms in total. The molecule has 0 bridgehead atoms. The van der Waals surface area contributed by atoms with Gasteiger partial charge in [-0.05, 0) is 6.42 Å². The highest BCUT2D eigenvalue weighted by Crippen LogP contribution is 2.14. The third-order valence-corrected chi connectivity index (χ3v) is 5.06. The standard InChI is InChI=1S/C24H45O2/c1-3-5-6-7-8-9-10-11-12-13-14-15-16-17-18-19-20-21-22-23-26-24(25)4-2/h4H,1-3,5-23H2. The van der Waals surface area contributed by atoms with Crippen molar-refractivity contribution in [2.45, 2.75) is 122 Å². The van der Waals surface area contributed by atoms with E-state index < -0.39 is 0 Å². The fourth-order valence-corrected chi connectivity index (χ4v) is 3.34. The van der Waals surface area contributed by atoms with Gasteiger partial charge in [-0.2, -0.15) is 0 Å². The van der Waals surface area contributed by atoms with E-state index >= 15 is 0 Å². The Morgan fingerprint density at radius 1 is 0.577 bits per heavy atom. The van der Waals surface area contributed by atoms with Gasteiger partial charge in [-0.25, -0.2) is 4.79 Å². The Morgan fingerprint density at radius 3 is 1.19 bits per heavy atom. The third-order valence-electron chi connectivity index (χ3n) is 5.06. The maximum Gasteiger partial charge on any atom is 0.330 e. The van der Waals surface area contributed by atoms with Gasteiger partial charge in [-0.1, -0.05) is 129 Å². The van der Waals surface area contributed by atoms with Crippen LogP contribution in [0.15, 0.2) is 12.7 Å². The van der Waals surface area contributed by atoms with E-state index in [9.17, 15) is 4.79 Å². The summed E-state index contributed by atoms with van der Waals surface area (Å²) < 4.78 is 4.97. The zero-order valence-electron chi connectivity index (χ0n) is 17.5. The van der Waals surface area contributed by atoms with E-state index in [1.807, 2.05) is 0 Å². The van der Waals surface area contributed by atoms with Crippen molar-refractivity contribution in [2.24, 2.45) is 0 Å². The second-order valence-electron chi connectivity index (χ2n) is 7.59. The summed E-state index contributed by atoms with van der Waals surface area (Å²) in [4.78, 5) is 10.9. The average Bonchev–Trinajstić information content (AvgIpc) is 2.66. The normalized spacial score (nSPS) is 10.8. The molecule has 26 heavy (non-hydrogen) atoms. The average molecular weight is 366 g/mol. The monoisotopic (exact) mass is 365 g/mol. The molecule has 2 heteroatoms. The number of carbonyl (C=O) groups excluding carboxylic acids is 1. The molecule has 0 aromatic carbocycles. The van der Waals surface area contributed by atoms with Crippen LogP contribution in [-0.2, 0) is 9.53 Å². The first kappa shape index (κ1) is 25.2. The first-order valence-electron chi connectivity index (χ1n) is 11.4. The van der Waals surface area contributed by atoms with Gasteiger partial charge < -0.3 is 4.74 Å². The molecule has 0 rings (SSSR count). The van der Waals surface area contributed by atoms with Gasteiger partial charge in [0.25, 0.3) is 0 Å². The quantitative estimate of drug-likeness (QED) is 0.117. The van der Waals surface area contributed by atoms with E-state index in [-0.39, 0.29) is 5.97 Å². The van der Waals surface area contributed by atoms with Gasteiger partial charge in [0.1, 0.15) is 0 Å². The highest BCUT2D eigenvalue weighted by molar-refractivity contribution is 5.81. The van der Waals surface area contributed by atoms with E-state index in [0.717, 1.165) is 12.8 Å². The molecule has 0 atom stereocenters. The van der Waals surface area contributed by atoms with Gasteiger partial charge in [0.05, 0.1) is 6.61 Å². The van der Waals surface area contributed by atoms with E-state index in [4.69, 9.17) is 4.74 Å². The molecular formula is C24H45O2. The van der Waals surface area contributed by atoms with Crippen LogP contribution in [0.25, 0.3) is 0 Å². The van der Waals surface area contributed by atoms with Gasteiger partial charge in [-0.3, -0.25) is 0 Å². The molecule has 0 heterocycles. The Kier molecular flexibility index (Phi) is 21.6. The lowest BCUT2D eigenvalue weighted by atomic mass is 10.0. The molecule has 0 unspecified atom stereocenters. The molecule has 0 amide bonds. The molecule has 0 aliphatic carbocycles. The van der Waals surface area contributed by atoms with Crippen molar-refractivity contribution < 1.29 is 9.53 Å². The lowest BCUT2D eigenvalue weighted by Crippen LogP contribution is -2.01. The van der Waals surface area contributed by atoms with Gasteiger partial charge >= 0.3 is 5.97 Å². The van der Waals surface area contributed by atoms with Crippen LogP contribution in [-0.4, -0.2) is 12.6 Å². The maximum atomic E-state index is 10.9. The lowest BCUT2D eigenvalue weighted by Gasteiger charge is -2.04. The van der Waals surface area contributed by atoms with E-state index in [1.165, 1.54) is 115 Å². The van der Waals surface area contributed by atoms with Crippen LogP contribution in [0.4, 0.5) is 0 Å². The number of hydrogen-bond acceptors (Lipinski definition) is 2. The fraction of sp³-hybridized carbons (Fsp3) is 0.833. The predicted molar refractivity (Wildman–Crippen MR) is 114 cm³/mol. The van der Waals surface area contributed by atoms with Gasteiger partial charge in [0.15, 0.2) is 0 Å². The summed E-state index contributed by atoms with van der Waals surface area (Å²) in [5, 5.41) is 0. The molecule has 0 fully saturated rings. The molecule has 1 radical (unpaired) electrons. The summed E-state index contributed by atoms with van der Waals surface area (Å²) in [6.45, 7) is 7.82. The molecule has 0 aromatic rings. The minimum Gasteiger partial charge on any atom is -0.463 e. The summed E-state index contributed by atoms with van der Waals surface area (Å²) in [6, 6.07) is 0. The van der Waals surface area contributed by atoms with Crippen molar-refractivity contribution in [2.75, 3.05) is 6.61 Å². The predicted octanol–water partition coefficient (Wildman–Crippen LogP) is 7.96. The molecule has 0 saturated heterocycles. The minimum absolute atomic E-state index is 0.301. The number of hydrogen-bond donors (Lipinski definition) is 0. The maximum absolute atomic E-state index is 10.9. The summed E-state index contributed by atoms with van der Waals surface area (Å²) >= 11 is 0. The van der Waals surface area contributed by atoms with Crippen LogP contribution >= 0.6 is 0 Å². The zero-order chi connectivity index (χ0) is 19.1. The Morgan fingerprint density at radius 2 is 0.885 bits per heavy atom. The van der Waals surface area contributed by atoms with E-state index in [1.54, 1.807) is 0 Å². The van der Waals surface area contributed by atoms with E-state index in [2.05, 4.69) is 13.5 Å². The largest absolute Gasteiger partial charge is 0.463 e. The van der Waals surface area contributed by atoms with Crippen molar-refractivity contribution in [1.29, 1.82) is 0 Å². The third kappa shape index (κ3) is 21.3. The molecular weight excluding hydrogens is 320 g/mol. The number of carbonyl (C=O) groups is 1. The minimum atomic E-state index is -0.301. The van der Waals surface area contributed by atoms with Crippen molar-refractivity contribution >= 4 is 5.97 Å². The highest BCUT2D eigenvalue weighted by atomic mass is 16.5. The zero-order valence-corrected chi connectivity index (χ0v) is 17.5. The molecule has 0 aromatic heterocycles. The molecule has 153 valence electrons. The second kappa shape index (κ2) is 22.3.